The molecule has 0 spiro atoms. The van der Waals surface area contributed by atoms with Gasteiger partial charge in [-0.3, -0.25) is 9.69 Å². The number of ether oxygens (including phenoxy) is 2. The molecular weight excluding hydrogens is 394 g/mol. The summed E-state index contributed by atoms with van der Waals surface area (Å²) in [5.74, 6) is 1.62. The first-order valence-corrected chi connectivity index (χ1v) is 10.4. The highest BCUT2D eigenvalue weighted by atomic mass is 16.5. The summed E-state index contributed by atoms with van der Waals surface area (Å²) in [6.45, 7) is 4.55. The zero-order valence-electron chi connectivity index (χ0n) is 17.8. The number of amides is 1. The van der Waals surface area contributed by atoms with Gasteiger partial charge in [-0.25, -0.2) is 0 Å². The smallest absolute Gasteiger partial charge is 0.221 e. The first-order chi connectivity index (χ1) is 15.1. The molecule has 1 aliphatic heterocycles. The van der Waals surface area contributed by atoms with Gasteiger partial charge in [0, 0.05) is 37.7 Å². The number of benzene rings is 2. The van der Waals surface area contributed by atoms with Crippen LogP contribution in [0.4, 0.5) is 0 Å². The Bertz CT molecular complexity index is 1020. The van der Waals surface area contributed by atoms with Gasteiger partial charge in [0.25, 0.3) is 0 Å². The highest BCUT2D eigenvalue weighted by Gasteiger charge is 2.21. The van der Waals surface area contributed by atoms with Crippen molar-refractivity contribution in [2.24, 2.45) is 0 Å². The second kappa shape index (κ2) is 9.61. The molecule has 8 nitrogen and oxygen atoms in total. The van der Waals surface area contributed by atoms with Gasteiger partial charge in [-0.2, -0.15) is 15.0 Å². The van der Waals surface area contributed by atoms with E-state index in [4.69, 9.17) is 9.47 Å². The molecule has 2 aromatic carbocycles. The predicted octanol–water partition coefficient (Wildman–Crippen LogP) is 2.57. The number of rotatable bonds is 7. The van der Waals surface area contributed by atoms with E-state index in [0.717, 1.165) is 41.5 Å². The van der Waals surface area contributed by atoms with E-state index in [9.17, 15) is 4.79 Å². The number of nitrogens with zero attached hydrogens (tertiary/aromatic N) is 4. The number of para-hydroxylation sites is 1. The third-order valence-corrected chi connectivity index (χ3v) is 5.16. The molecule has 0 bridgehead atoms. The molecule has 1 aromatic heterocycles. The van der Waals surface area contributed by atoms with E-state index in [1.165, 1.54) is 0 Å². The van der Waals surface area contributed by atoms with Gasteiger partial charge in [0.15, 0.2) is 0 Å². The van der Waals surface area contributed by atoms with E-state index in [2.05, 4.69) is 20.4 Å². The van der Waals surface area contributed by atoms with Crippen molar-refractivity contribution in [2.45, 2.75) is 32.5 Å². The summed E-state index contributed by atoms with van der Waals surface area (Å²) in [5.41, 5.74) is 2.70. The zero-order chi connectivity index (χ0) is 21.6. The minimum atomic E-state index is -0.0120. The minimum absolute atomic E-state index is 0.0120. The molecule has 1 aliphatic rings. The number of hydrogen-bond acceptors (Lipinski definition) is 6. The highest BCUT2D eigenvalue weighted by molar-refractivity contribution is 5.76. The molecule has 1 N–H and O–H groups in total. The van der Waals surface area contributed by atoms with Crippen molar-refractivity contribution in [2.75, 3.05) is 20.2 Å². The summed E-state index contributed by atoms with van der Waals surface area (Å²) in [5, 5.41) is 11.6. The van der Waals surface area contributed by atoms with Crippen LogP contribution in [0.3, 0.4) is 0 Å². The number of nitrogens with one attached hydrogen (secondary N) is 1. The van der Waals surface area contributed by atoms with Crippen LogP contribution in [0.5, 0.6) is 11.5 Å². The van der Waals surface area contributed by atoms with Crippen molar-refractivity contribution < 1.29 is 14.3 Å². The van der Waals surface area contributed by atoms with Crippen molar-refractivity contribution in [1.29, 1.82) is 0 Å². The Kier molecular flexibility index (Phi) is 6.47. The fourth-order valence-electron chi connectivity index (χ4n) is 3.59. The summed E-state index contributed by atoms with van der Waals surface area (Å²) in [7, 11) is 1.65. The minimum Gasteiger partial charge on any atom is -0.497 e. The van der Waals surface area contributed by atoms with E-state index in [0.29, 0.717) is 19.5 Å². The average molecular weight is 422 g/mol. The molecule has 31 heavy (non-hydrogen) atoms. The number of fused-ring (bicyclic) bond motifs is 1. The number of carbonyl (C=O) groups excluding carboxylic acids is 1. The Labute approximate surface area is 181 Å². The van der Waals surface area contributed by atoms with E-state index in [1.807, 2.05) is 55.5 Å². The van der Waals surface area contributed by atoms with Crippen LogP contribution in [0.2, 0.25) is 0 Å². The second-order valence-corrected chi connectivity index (χ2v) is 7.62. The molecule has 1 amide bonds. The largest absolute Gasteiger partial charge is 0.497 e. The van der Waals surface area contributed by atoms with Gasteiger partial charge >= 0.3 is 0 Å². The fourth-order valence-corrected chi connectivity index (χ4v) is 3.59. The molecule has 0 radical (unpaired) electrons. The van der Waals surface area contributed by atoms with Gasteiger partial charge in [0.05, 0.1) is 25.5 Å². The van der Waals surface area contributed by atoms with Gasteiger partial charge in [-0.05, 0) is 25.1 Å². The molecule has 162 valence electrons. The topological polar surface area (TPSA) is 81.5 Å². The molecule has 4 rings (SSSR count). The maximum atomic E-state index is 12.4. The third kappa shape index (κ3) is 5.40. The summed E-state index contributed by atoms with van der Waals surface area (Å²) in [6, 6.07) is 15.6. The van der Waals surface area contributed by atoms with Crippen LogP contribution in [-0.4, -0.2) is 52.1 Å². The average Bonchev–Trinajstić information content (AvgIpc) is 3.20. The Hall–Kier alpha value is -3.39. The summed E-state index contributed by atoms with van der Waals surface area (Å²) in [6.07, 6.45) is 2.11. The molecule has 1 atom stereocenters. The standard InChI is InChI=1S/C23H27N5O3/c1-17-15-27(16-18-8-9-21(30-2)12-22(18)31-17)11-10-23(29)24-13-19-14-25-28(26-19)20-6-4-3-5-7-20/h3-9,12,14,17H,10-11,13,15-16H2,1-2H3,(H,24,29). The van der Waals surface area contributed by atoms with E-state index in [-0.39, 0.29) is 12.0 Å². The molecular formula is C23H27N5O3. The molecule has 3 aromatic rings. The van der Waals surface area contributed by atoms with Gasteiger partial charge in [-0.1, -0.05) is 24.3 Å². The molecule has 1 unspecified atom stereocenters. The van der Waals surface area contributed by atoms with Gasteiger partial charge in [0.1, 0.15) is 23.3 Å². The summed E-state index contributed by atoms with van der Waals surface area (Å²) < 4.78 is 11.3. The zero-order valence-corrected chi connectivity index (χ0v) is 17.8. The van der Waals surface area contributed by atoms with E-state index in [1.54, 1.807) is 18.1 Å². The van der Waals surface area contributed by atoms with Gasteiger partial charge in [0.2, 0.25) is 5.91 Å². The van der Waals surface area contributed by atoms with Crippen molar-refractivity contribution >= 4 is 5.91 Å². The van der Waals surface area contributed by atoms with Crippen LogP contribution >= 0.6 is 0 Å². The molecule has 2 heterocycles. The lowest BCUT2D eigenvalue weighted by Gasteiger charge is -2.21. The third-order valence-electron chi connectivity index (χ3n) is 5.16. The first kappa shape index (κ1) is 20.9. The maximum Gasteiger partial charge on any atom is 0.221 e. The molecule has 0 saturated carbocycles. The summed E-state index contributed by atoms with van der Waals surface area (Å²) >= 11 is 0. The summed E-state index contributed by atoms with van der Waals surface area (Å²) in [4.78, 5) is 16.2. The molecule has 0 fully saturated rings. The van der Waals surface area contributed by atoms with E-state index < -0.39 is 0 Å². The van der Waals surface area contributed by atoms with Crippen LogP contribution in [0, 0.1) is 0 Å². The van der Waals surface area contributed by atoms with Crippen molar-refractivity contribution in [3.8, 4) is 17.2 Å². The van der Waals surface area contributed by atoms with Crippen LogP contribution in [-0.2, 0) is 17.9 Å². The quantitative estimate of drug-likeness (QED) is 0.632. The number of carbonyl (C=O) groups is 1. The molecule has 0 saturated heterocycles. The Balaban J connectivity index is 1.28. The van der Waals surface area contributed by atoms with Gasteiger partial charge < -0.3 is 14.8 Å². The Morgan fingerprint density at radius 2 is 2.10 bits per heavy atom. The van der Waals surface area contributed by atoms with Crippen LogP contribution in [0.25, 0.3) is 5.69 Å². The SMILES string of the molecule is COc1ccc2c(c1)OC(C)CN(CCC(=O)NCc1cnn(-c3ccccc3)n1)C2. The van der Waals surface area contributed by atoms with Crippen LogP contribution in [0.1, 0.15) is 24.6 Å². The Morgan fingerprint density at radius 3 is 2.90 bits per heavy atom. The maximum absolute atomic E-state index is 12.4. The van der Waals surface area contributed by atoms with Gasteiger partial charge in [-0.15, -0.1) is 0 Å². The van der Waals surface area contributed by atoms with Crippen LogP contribution in [0.15, 0.2) is 54.7 Å². The number of aromatic nitrogens is 3. The molecule has 8 heteroatoms. The van der Waals surface area contributed by atoms with Crippen molar-refractivity contribution in [3.63, 3.8) is 0 Å². The molecule has 0 aliphatic carbocycles. The Morgan fingerprint density at radius 1 is 1.26 bits per heavy atom. The second-order valence-electron chi connectivity index (χ2n) is 7.62. The highest BCUT2D eigenvalue weighted by Crippen LogP contribution is 2.29. The predicted molar refractivity (Wildman–Crippen MR) is 116 cm³/mol. The lowest BCUT2D eigenvalue weighted by molar-refractivity contribution is -0.121. The van der Waals surface area contributed by atoms with Crippen LogP contribution < -0.4 is 14.8 Å². The van der Waals surface area contributed by atoms with E-state index >= 15 is 0 Å². The number of hydrogen-bond donors (Lipinski definition) is 1. The first-order valence-electron chi connectivity index (χ1n) is 10.4. The lowest BCUT2D eigenvalue weighted by Crippen LogP contribution is -2.34. The van der Waals surface area contributed by atoms with Crippen molar-refractivity contribution in [3.05, 3.63) is 66.0 Å². The lowest BCUT2D eigenvalue weighted by atomic mass is 10.1. The normalized spacial score (nSPS) is 16.1. The van der Waals surface area contributed by atoms with Crippen molar-refractivity contribution in [1.82, 2.24) is 25.2 Å². The number of methoxy groups -OCH3 is 1. The monoisotopic (exact) mass is 421 g/mol. The fraction of sp³-hybridized carbons (Fsp3) is 0.348.